The third kappa shape index (κ3) is 3.29. The monoisotopic (exact) mass is 311 g/mol. The fourth-order valence-corrected chi connectivity index (χ4v) is 4.03. The smallest absolute Gasteiger partial charge is 0.237 e. The Hall–Kier alpha value is -1.34. The molecule has 0 bridgehead atoms. The predicted octanol–water partition coefficient (Wildman–Crippen LogP) is 1.14. The van der Waals surface area contributed by atoms with E-state index in [1.165, 1.54) is 4.31 Å². The summed E-state index contributed by atoms with van der Waals surface area (Å²) < 4.78 is 31.5. The van der Waals surface area contributed by atoms with Gasteiger partial charge in [0.25, 0.3) is 0 Å². The van der Waals surface area contributed by atoms with Gasteiger partial charge < -0.3 is 10.1 Å². The highest BCUT2D eigenvalue weighted by Gasteiger charge is 2.38. The average Bonchev–Trinajstić information content (AvgIpc) is 3.33. The first-order valence-electron chi connectivity index (χ1n) is 7.38. The number of piperidine rings is 1. The molecule has 21 heavy (non-hydrogen) atoms. The molecule has 2 fully saturated rings. The number of rotatable bonds is 5. The molecule has 1 saturated heterocycles. The highest BCUT2D eigenvalue weighted by molar-refractivity contribution is 7.93. The van der Waals surface area contributed by atoms with E-state index >= 15 is 0 Å². The van der Waals surface area contributed by atoms with Crippen molar-refractivity contribution in [2.24, 2.45) is 0 Å². The molecule has 1 saturated carbocycles. The van der Waals surface area contributed by atoms with Gasteiger partial charge in [-0.25, -0.2) is 13.4 Å². The van der Waals surface area contributed by atoms with Gasteiger partial charge in [0.05, 0.1) is 17.1 Å². The lowest BCUT2D eigenvalue weighted by molar-refractivity contribution is 0.156. The van der Waals surface area contributed by atoms with Crippen molar-refractivity contribution in [1.82, 2.24) is 10.3 Å². The SMILES string of the molecule is CN(c1ccc(OC2CCNCC2)nc1)S(=O)(=O)C1CC1. The van der Waals surface area contributed by atoms with Crippen LogP contribution in [0.25, 0.3) is 0 Å². The standard InChI is InChI=1S/C14H21N3O3S/c1-17(21(18,19)13-3-4-13)11-2-5-14(16-10-11)20-12-6-8-15-9-7-12/h2,5,10,12-13,15H,3-4,6-9H2,1H3. The third-order valence-corrected chi connectivity index (χ3v) is 6.27. The van der Waals surface area contributed by atoms with E-state index in [0.717, 1.165) is 38.8 Å². The molecule has 1 aromatic heterocycles. The molecule has 7 heteroatoms. The second-order valence-corrected chi connectivity index (χ2v) is 7.88. The summed E-state index contributed by atoms with van der Waals surface area (Å²) in [5, 5.41) is 3.07. The molecule has 0 spiro atoms. The molecule has 3 rings (SSSR count). The van der Waals surface area contributed by atoms with Crippen molar-refractivity contribution >= 4 is 15.7 Å². The van der Waals surface area contributed by atoms with Crippen molar-refractivity contribution in [1.29, 1.82) is 0 Å². The molecule has 1 aliphatic heterocycles. The molecule has 0 radical (unpaired) electrons. The first-order chi connectivity index (χ1) is 10.1. The Bertz CT molecular complexity index is 578. The molecule has 0 amide bonds. The van der Waals surface area contributed by atoms with Crippen molar-refractivity contribution in [3.05, 3.63) is 18.3 Å². The van der Waals surface area contributed by atoms with Crippen molar-refractivity contribution < 1.29 is 13.2 Å². The number of sulfonamides is 1. The zero-order valence-corrected chi connectivity index (χ0v) is 13.0. The van der Waals surface area contributed by atoms with Gasteiger partial charge in [0.15, 0.2) is 0 Å². The lowest BCUT2D eigenvalue weighted by atomic mass is 10.1. The maximum atomic E-state index is 12.2. The molecule has 116 valence electrons. The Morgan fingerprint density at radius 2 is 1.95 bits per heavy atom. The summed E-state index contributed by atoms with van der Waals surface area (Å²) >= 11 is 0. The van der Waals surface area contributed by atoms with E-state index in [4.69, 9.17) is 4.74 Å². The lowest BCUT2D eigenvalue weighted by Crippen LogP contribution is -2.34. The highest BCUT2D eigenvalue weighted by atomic mass is 32.2. The van der Waals surface area contributed by atoms with Crippen LogP contribution in [0.5, 0.6) is 5.88 Å². The molecule has 0 aromatic carbocycles. The number of nitrogens with zero attached hydrogens (tertiary/aromatic N) is 2. The van der Waals surface area contributed by atoms with Crippen molar-refractivity contribution in [2.75, 3.05) is 24.4 Å². The number of ether oxygens (including phenoxy) is 1. The second kappa shape index (κ2) is 5.81. The number of aromatic nitrogens is 1. The quantitative estimate of drug-likeness (QED) is 0.883. The fourth-order valence-electron chi connectivity index (χ4n) is 2.45. The first-order valence-corrected chi connectivity index (χ1v) is 8.89. The summed E-state index contributed by atoms with van der Waals surface area (Å²) in [6, 6.07) is 3.50. The van der Waals surface area contributed by atoms with E-state index in [1.54, 1.807) is 25.4 Å². The van der Waals surface area contributed by atoms with Gasteiger partial charge in [0, 0.05) is 13.1 Å². The number of nitrogens with one attached hydrogen (secondary N) is 1. The Kier molecular flexibility index (Phi) is 4.03. The van der Waals surface area contributed by atoms with Crippen LogP contribution in [-0.4, -0.2) is 44.9 Å². The summed E-state index contributed by atoms with van der Waals surface area (Å²) in [6.07, 6.45) is 5.22. The number of anilines is 1. The maximum Gasteiger partial charge on any atom is 0.237 e. The van der Waals surface area contributed by atoms with Crippen LogP contribution >= 0.6 is 0 Å². The third-order valence-electron chi connectivity index (χ3n) is 3.99. The van der Waals surface area contributed by atoms with E-state index in [1.807, 2.05) is 0 Å². The maximum absolute atomic E-state index is 12.2. The van der Waals surface area contributed by atoms with Crippen LogP contribution in [0.3, 0.4) is 0 Å². The average molecular weight is 311 g/mol. The topological polar surface area (TPSA) is 71.5 Å². The first kappa shape index (κ1) is 14.6. The highest BCUT2D eigenvalue weighted by Crippen LogP contribution is 2.32. The number of hydrogen-bond acceptors (Lipinski definition) is 5. The Balaban J connectivity index is 1.66. The van der Waals surface area contributed by atoms with Crippen LogP contribution in [0.15, 0.2) is 18.3 Å². The molecule has 6 nitrogen and oxygen atoms in total. The van der Waals surface area contributed by atoms with Crippen LogP contribution in [0, 0.1) is 0 Å². The normalized spacial score (nSPS) is 20.2. The Morgan fingerprint density at radius 3 is 2.52 bits per heavy atom. The van der Waals surface area contributed by atoms with Gasteiger partial charge in [-0.2, -0.15) is 0 Å². The molecule has 2 aliphatic rings. The molecule has 2 heterocycles. The minimum atomic E-state index is -3.21. The molecular weight excluding hydrogens is 290 g/mol. The summed E-state index contributed by atoms with van der Waals surface area (Å²) in [5.41, 5.74) is 0.583. The number of hydrogen-bond donors (Lipinski definition) is 1. The van der Waals surface area contributed by atoms with Crippen LogP contribution in [-0.2, 0) is 10.0 Å². The van der Waals surface area contributed by atoms with Gasteiger partial charge in [-0.15, -0.1) is 0 Å². The van der Waals surface area contributed by atoms with E-state index in [9.17, 15) is 8.42 Å². The van der Waals surface area contributed by atoms with E-state index in [0.29, 0.717) is 11.6 Å². The van der Waals surface area contributed by atoms with Crippen molar-refractivity contribution in [3.8, 4) is 5.88 Å². The largest absolute Gasteiger partial charge is 0.474 e. The Morgan fingerprint density at radius 1 is 1.24 bits per heavy atom. The van der Waals surface area contributed by atoms with Gasteiger partial charge in [0.2, 0.25) is 15.9 Å². The summed E-state index contributed by atoms with van der Waals surface area (Å²) in [7, 11) is -1.63. The summed E-state index contributed by atoms with van der Waals surface area (Å²) in [4.78, 5) is 4.24. The van der Waals surface area contributed by atoms with Gasteiger partial charge in [-0.05, 0) is 44.8 Å². The molecule has 1 aromatic rings. The molecule has 1 aliphatic carbocycles. The predicted molar refractivity (Wildman–Crippen MR) is 81.1 cm³/mol. The lowest BCUT2D eigenvalue weighted by Gasteiger charge is -2.23. The molecule has 0 atom stereocenters. The molecular formula is C14H21N3O3S. The molecule has 1 N–H and O–H groups in total. The zero-order valence-electron chi connectivity index (χ0n) is 12.2. The van der Waals surface area contributed by atoms with E-state index in [-0.39, 0.29) is 11.4 Å². The van der Waals surface area contributed by atoms with Crippen LogP contribution < -0.4 is 14.4 Å². The van der Waals surface area contributed by atoms with Gasteiger partial charge >= 0.3 is 0 Å². The van der Waals surface area contributed by atoms with Crippen molar-refractivity contribution in [2.45, 2.75) is 37.0 Å². The fraction of sp³-hybridized carbons (Fsp3) is 0.643. The van der Waals surface area contributed by atoms with Crippen LogP contribution in [0.4, 0.5) is 5.69 Å². The van der Waals surface area contributed by atoms with E-state index in [2.05, 4.69) is 10.3 Å². The second-order valence-electron chi connectivity index (χ2n) is 5.63. The summed E-state index contributed by atoms with van der Waals surface area (Å²) in [6.45, 7) is 1.93. The van der Waals surface area contributed by atoms with Gasteiger partial charge in [0.1, 0.15) is 6.10 Å². The Labute approximate surface area is 125 Å². The number of pyridine rings is 1. The van der Waals surface area contributed by atoms with E-state index < -0.39 is 10.0 Å². The van der Waals surface area contributed by atoms with Gasteiger partial charge in [-0.3, -0.25) is 4.31 Å². The van der Waals surface area contributed by atoms with Crippen molar-refractivity contribution in [3.63, 3.8) is 0 Å². The van der Waals surface area contributed by atoms with Crippen LogP contribution in [0.2, 0.25) is 0 Å². The van der Waals surface area contributed by atoms with Gasteiger partial charge in [-0.1, -0.05) is 0 Å². The summed E-state index contributed by atoms with van der Waals surface area (Å²) in [5.74, 6) is 0.558. The zero-order chi connectivity index (χ0) is 14.9. The minimum Gasteiger partial charge on any atom is -0.474 e. The minimum absolute atomic E-state index is 0.192. The molecule has 0 unspecified atom stereocenters. The van der Waals surface area contributed by atoms with Crippen LogP contribution in [0.1, 0.15) is 25.7 Å².